The van der Waals surface area contributed by atoms with E-state index in [1.165, 1.54) is 6.20 Å². The number of H-pyrrole nitrogens is 1. The molecule has 0 saturated carbocycles. The largest absolute Gasteiger partial charge is 0.281 e. The molecule has 1 aromatic heterocycles. The second-order valence-electron chi connectivity index (χ2n) is 3.24. The van der Waals surface area contributed by atoms with Gasteiger partial charge in [-0.1, -0.05) is 6.92 Å². The van der Waals surface area contributed by atoms with Crippen molar-refractivity contribution in [2.24, 2.45) is 0 Å². The normalized spacial score (nSPS) is 14.1. The van der Waals surface area contributed by atoms with Crippen molar-refractivity contribution in [1.82, 2.24) is 14.9 Å². The monoisotopic (exact) mass is 251 g/mol. The zero-order chi connectivity index (χ0) is 11.5. The molecule has 15 heavy (non-hydrogen) atoms. The van der Waals surface area contributed by atoms with Gasteiger partial charge in [0.25, 0.3) is 0 Å². The quantitative estimate of drug-likeness (QED) is 0.767. The van der Waals surface area contributed by atoms with Crippen LogP contribution in [0.4, 0.5) is 0 Å². The van der Waals surface area contributed by atoms with Crippen molar-refractivity contribution < 1.29 is 8.42 Å². The Morgan fingerprint density at radius 1 is 1.67 bits per heavy atom. The minimum Gasteiger partial charge on any atom is -0.281 e. The molecular weight excluding hydrogens is 238 g/mol. The summed E-state index contributed by atoms with van der Waals surface area (Å²) in [6.45, 7) is 3.53. The van der Waals surface area contributed by atoms with Gasteiger partial charge < -0.3 is 0 Å². The first-order valence-electron chi connectivity index (χ1n) is 4.59. The fourth-order valence-electron chi connectivity index (χ4n) is 1.12. The summed E-state index contributed by atoms with van der Waals surface area (Å²) in [5.41, 5.74) is 0.520. The molecule has 1 aromatic rings. The molecule has 0 bridgehead atoms. The Morgan fingerprint density at radius 3 is 2.73 bits per heavy atom. The van der Waals surface area contributed by atoms with Crippen molar-refractivity contribution in [3.63, 3.8) is 0 Å². The van der Waals surface area contributed by atoms with Crippen LogP contribution in [0, 0.1) is 6.92 Å². The molecule has 1 rings (SSSR count). The van der Waals surface area contributed by atoms with Crippen LogP contribution in [0.25, 0.3) is 0 Å². The predicted molar refractivity (Wildman–Crippen MR) is 58.4 cm³/mol. The number of alkyl halides is 1. The van der Waals surface area contributed by atoms with Crippen LogP contribution < -0.4 is 4.72 Å². The van der Waals surface area contributed by atoms with Gasteiger partial charge in [0, 0.05) is 11.9 Å². The Balaban J connectivity index is 2.90. The van der Waals surface area contributed by atoms with E-state index >= 15 is 0 Å². The molecule has 86 valence electrons. The van der Waals surface area contributed by atoms with Crippen molar-refractivity contribution in [3.05, 3.63) is 11.9 Å². The second kappa shape index (κ2) is 4.96. The van der Waals surface area contributed by atoms with E-state index in [1.807, 2.05) is 6.92 Å². The molecule has 0 aliphatic rings. The van der Waals surface area contributed by atoms with Gasteiger partial charge in [-0.05, 0) is 13.3 Å². The molecule has 0 fully saturated rings. The highest BCUT2D eigenvalue weighted by Crippen LogP contribution is 2.12. The number of nitrogens with one attached hydrogen (secondary N) is 2. The van der Waals surface area contributed by atoms with Crippen LogP contribution in [0.1, 0.15) is 19.0 Å². The van der Waals surface area contributed by atoms with E-state index in [-0.39, 0.29) is 16.8 Å². The van der Waals surface area contributed by atoms with E-state index in [4.69, 9.17) is 11.6 Å². The molecule has 5 nitrogen and oxygen atoms in total. The van der Waals surface area contributed by atoms with Gasteiger partial charge in [0.05, 0.1) is 11.9 Å². The van der Waals surface area contributed by atoms with Crippen LogP contribution >= 0.6 is 11.6 Å². The third kappa shape index (κ3) is 2.93. The first-order chi connectivity index (χ1) is 7.01. The van der Waals surface area contributed by atoms with Gasteiger partial charge in [0.2, 0.25) is 10.0 Å². The van der Waals surface area contributed by atoms with Crippen molar-refractivity contribution in [3.8, 4) is 0 Å². The molecule has 0 radical (unpaired) electrons. The summed E-state index contributed by atoms with van der Waals surface area (Å²) < 4.78 is 26.1. The third-order valence-corrected chi connectivity index (χ3v) is 4.08. The van der Waals surface area contributed by atoms with Gasteiger partial charge in [-0.3, -0.25) is 5.10 Å². The molecule has 0 saturated heterocycles. The van der Waals surface area contributed by atoms with Crippen LogP contribution in [0.3, 0.4) is 0 Å². The van der Waals surface area contributed by atoms with Crippen LogP contribution in [0.2, 0.25) is 0 Å². The molecule has 1 heterocycles. The lowest BCUT2D eigenvalue weighted by Crippen LogP contribution is -2.35. The van der Waals surface area contributed by atoms with Gasteiger partial charge >= 0.3 is 0 Å². The lowest BCUT2D eigenvalue weighted by Gasteiger charge is -2.13. The first-order valence-corrected chi connectivity index (χ1v) is 6.61. The molecule has 2 N–H and O–H groups in total. The van der Waals surface area contributed by atoms with E-state index in [1.54, 1.807) is 6.92 Å². The fourth-order valence-corrected chi connectivity index (χ4v) is 2.96. The van der Waals surface area contributed by atoms with Crippen molar-refractivity contribution in [2.75, 3.05) is 5.88 Å². The highest BCUT2D eigenvalue weighted by Gasteiger charge is 2.21. The van der Waals surface area contributed by atoms with Crippen molar-refractivity contribution in [2.45, 2.75) is 31.2 Å². The van der Waals surface area contributed by atoms with Gasteiger partial charge in [0.1, 0.15) is 4.90 Å². The van der Waals surface area contributed by atoms with Gasteiger partial charge in [0.15, 0.2) is 0 Å². The van der Waals surface area contributed by atoms with Gasteiger partial charge in [-0.25, -0.2) is 13.1 Å². The van der Waals surface area contributed by atoms with E-state index in [0.717, 1.165) is 0 Å². The first kappa shape index (κ1) is 12.5. The third-order valence-electron chi connectivity index (χ3n) is 2.07. The van der Waals surface area contributed by atoms with E-state index in [2.05, 4.69) is 14.9 Å². The average Bonchev–Trinajstić information content (AvgIpc) is 2.61. The van der Waals surface area contributed by atoms with E-state index in [0.29, 0.717) is 12.1 Å². The maximum Gasteiger partial charge on any atom is 0.244 e. The topological polar surface area (TPSA) is 74.8 Å². The molecule has 0 spiro atoms. The zero-order valence-corrected chi connectivity index (χ0v) is 10.2. The molecule has 1 atom stereocenters. The molecular formula is C8H14ClN3O2S. The summed E-state index contributed by atoms with van der Waals surface area (Å²) in [4.78, 5) is 0.172. The Bertz CT molecular complexity index is 411. The number of sulfonamides is 1. The van der Waals surface area contributed by atoms with Crippen LogP contribution in [-0.4, -0.2) is 30.5 Å². The maximum absolute atomic E-state index is 11.8. The SMILES string of the molecule is CCC(CCl)NS(=O)(=O)c1cn[nH]c1C. The molecule has 1 unspecified atom stereocenters. The van der Waals surface area contributed by atoms with Crippen LogP contribution in [-0.2, 0) is 10.0 Å². The van der Waals surface area contributed by atoms with Gasteiger partial charge in [-0.2, -0.15) is 5.10 Å². The molecule has 0 aliphatic carbocycles. The number of aryl methyl sites for hydroxylation is 1. The fraction of sp³-hybridized carbons (Fsp3) is 0.625. The minimum absolute atomic E-state index is 0.172. The summed E-state index contributed by atoms with van der Waals surface area (Å²) in [6, 6.07) is -0.244. The number of rotatable bonds is 5. The summed E-state index contributed by atoms with van der Waals surface area (Å²) in [7, 11) is -3.50. The zero-order valence-electron chi connectivity index (χ0n) is 8.62. The van der Waals surface area contributed by atoms with Crippen LogP contribution in [0.5, 0.6) is 0 Å². The number of halogens is 1. The van der Waals surface area contributed by atoms with Crippen molar-refractivity contribution in [1.29, 1.82) is 0 Å². The summed E-state index contributed by atoms with van der Waals surface area (Å²) >= 11 is 5.62. The van der Waals surface area contributed by atoms with Crippen molar-refractivity contribution >= 4 is 21.6 Å². The number of hydrogen-bond donors (Lipinski definition) is 2. The Hall–Kier alpha value is -0.590. The highest BCUT2D eigenvalue weighted by atomic mass is 35.5. The lowest BCUT2D eigenvalue weighted by molar-refractivity contribution is 0.557. The van der Waals surface area contributed by atoms with E-state index in [9.17, 15) is 8.42 Å². The lowest BCUT2D eigenvalue weighted by atomic mass is 10.3. The Morgan fingerprint density at radius 2 is 2.33 bits per heavy atom. The van der Waals surface area contributed by atoms with Gasteiger partial charge in [-0.15, -0.1) is 11.6 Å². The number of aromatic nitrogens is 2. The number of aromatic amines is 1. The summed E-state index contributed by atoms with van der Waals surface area (Å²) in [5.74, 6) is 0.257. The Labute approximate surface area is 94.3 Å². The van der Waals surface area contributed by atoms with Crippen LogP contribution in [0.15, 0.2) is 11.1 Å². The highest BCUT2D eigenvalue weighted by molar-refractivity contribution is 7.89. The molecule has 0 aromatic carbocycles. The van der Waals surface area contributed by atoms with E-state index < -0.39 is 10.0 Å². The number of nitrogens with zero attached hydrogens (tertiary/aromatic N) is 1. The Kier molecular flexibility index (Phi) is 4.12. The smallest absolute Gasteiger partial charge is 0.244 e. The molecule has 0 amide bonds. The molecule has 0 aliphatic heterocycles. The standard InChI is InChI=1S/C8H14ClN3O2S/c1-3-7(4-9)12-15(13,14)8-5-10-11-6(8)2/h5,7,12H,3-4H2,1-2H3,(H,10,11). The summed E-state index contributed by atoms with van der Waals surface area (Å²) in [6.07, 6.45) is 1.94. The maximum atomic E-state index is 11.8. The molecule has 7 heteroatoms. The number of hydrogen-bond acceptors (Lipinski definition) is 3. The summed E-state index contributed by atoms with van der Waals surface area (Å²) in [5, 5.41) is 6.25. The minimum atomic E-state index is -3.50. The average molecular weight is 252 g/mol. The predicted octanol–water partition coefficient (Wildman–Crippen LogP) is 1.01. The second-order valence-corrected chi connectivity index (χ2v) is 5.23.